The van der Waals surface area contributed by atoms with Crippen LogP contribution in [0.15, 0.2) is 30.3 Å². The third-order valence-electron chi connectivity index (χ3n) is 5.89. The van der Waals surface area contributed by atoms with Gasteiger partial charge in [-0.15, -0.1) is 0 Å². The average Bonchev–Trinajstić information content (AvgIpc) is 3.19. The summed E-state index contributed by atoms with van der Waals surface area (Å²) in [5, 5.41) is 3.49. The molecular formula is C22H27F2N7O. The molecule has 32 heavy (non-hydrogen) atoms. The van der Waals surface area contributed by atoms with Crippen LogP contribution in [0.4, 0.5) is 20.5 Å². The fourth-order valence-electron chi connectivity index (χ4n) is 4.36. The molecule has 8 nitrogen and oxygen atoms in total. The summed E-state index contributed by atoms with van der Waals surface area (Å²) < 4.78 is 34.9. The smallest absolute Gasteiger partial charge is 0.296 e. The first-order valence-corrected chi connectivity index (χ1v) is 10.9. The molecule has 2 fully saturated rings. The molecule has 10 heteroatoms. The van der Waals surface area contributed by atoms with Crippen molar-refractivity contribution in [1.82, 2.24) is 24.8 Å². The molecule has 1 N–H and O–H groups in total. The Morgan fingerprint density at radius 2 is 1.75 bits per heavy atom. The van der Waals surface area contributed by atoms with Gasteiger partial charge < -0.3 is 19.9 Å². The zero-order valence-electron chi connectivity index (χ0n) is 18.3. The van der Waals surface area contributed by atoms with Crippen LogP contribution < -0.4 is 15.1 Å². The van der Waals surface area contributed by atoms with Crippen LogP contribution >= 0.6 is 0 Å². The predicted octanol–water partition coefficient (Wildman–Crippen LogP) is 2.78. The molecule has 0 spiro atoms. The van der Waals surface area contributed by atoms with Gasteiger partial charge in [0.1, 0.15) is 11.6 Å². The summed E-state index contributed by atoms with van der Waals surface area (Å²) in [4.78, 5) is 18.0. The van der Waals surface area contributed by atoms with Gasteiger partial charge in [0.2, 0.25) is 5.95 Å². The van der Waals surface area contributed by atoms with Gasteiger partial charge in [-0.2, -0.15) is 9.97 Å². The van der Waals surface area contributed by atoms with Gasteiger partial charge in [-0.05, 0) is 26.0 Å². The molecule has 0 aliphatic carbocycles. The molecule has 2 saturated heterocycles. The van der Waals surface area contributed by atoms with E-state index in [1.165, 1.54) is 4.57 Å². The van der Waals surface area contributed by atoms with Crippen LogP contribution in [0.5, 0.6) is 0 Å². The summed E-state index contributed by atoms with van der Waals surface area (Å²) in [6.07, 6.45) is -2.73. The van der Waals surface area contributed by atoms with E-state index in [2.05, 4.69) is 33.9 Å². The summed E-state index contributed by atoms with van der Waals surface area (Å²) in [5.41, 5.74) is 1.01. The van der Waals surface area contributed by atoms with E-state index in [4.69, 9.17) is 14.7 Å². The number of aromatic nitrogens is 4. The Hall–Kier alpha value is -2.85. The molecule has 4 heterocycles. The summed E-state index contributed by atoms with van der Waals surface area (Å²) in [6, 6.07) is 8.92. The Labute approximate surface area is 185 Å². The minimum Gasteiger partial charge on any atom is -0.378 e. The maximum Gasteiger partial charge on any atom is 0.296 e. The molecule has 170 valence electrons. The molecule has 5 rings (SSSR count). The Morgan fingerprint density at radius 1 is 1.00 bits per heavy atom. The highest BCUT2D eigenvalue weighted by atomic mass is 19.3. The van der Waals surface area contributed by atoms with Gasteiger partial charge in [0.15, 0.2) is 5.82 Å². The second-order valence-corrected chi connectivity index (χ2v) is 8.81. The van der Waals surface area contributed by atoms with Gasteiger partial charge in [-0.1, -0.05) is 12.1 Å². The number of fused-ring (bicyclic) bond motifs is 1. The predicted molar refractivity (Wildman–Crippen MR) is 119 cm³/mol. The topological polar surface area (TPSA) is 71.3 Å². The van der Waals surface area contributed by atoms with E-state index >= 15 is 0 Å². The molecule has 2 aliphatic rings. The van der Waals surface area contributed by atoms with Crippen molar-refractivity contribution in [3.63, 3.8) is 0 Å². The van der Waals surface area contributed by atoms with E-state index in [9.17, 15) is 8.78 Å². The maximum atomic E-state index is 14.0. The maximum absolute atomic E-state index is 14.0. The molecule has 2 aliphatic heterocycles. The largest absolute Gasteiger partial charge is 0.378 e. The summed E-state index contributed by atoms with van der Waals surface area (Å²) >= 11 is 0. The Kier molecular flexibility index (Phi) is 5.42. The van der Waals surface area contributed by atoms with Gasteiger partial charge in [0, 0.05) is 44.3 Å². The number of rotatable bonds is 4. The van der Waals surface area contributed by atoms with E-state index in [0.29, 0.717) is 61.5 Å². The van der Waals surface area contributed by atoms with Crippen LogP contribution in [0, 0.1) is 0 Å². The molecule has 0 amide bonds. The van der Waals surface area contributed by atoms with E-state index < -0.39 is 6.43 Å². The fourth-order valence-corrected chi connectivity index (χ4v) is 4.36. The highest BCUT2D eigenvalue weighted by Crippen LogP contribution is 2.30. The van der Waals surface area contributed by atoms with Crippen molar-refractivity contribution in [2.24, 2.45) is 0 Å². The Bertz CT molecular complexity index is 1110. The van der Waals surface area contributed by atoms with Crippen LogP contribution in [0.2, 0.25) is 0 Å². The van der Waals surface area contributed by atoms with E-state index in [1.54, 1.807) is 24.3 Å². The number of hydrogen-bond acceptors (Lipinski definition) is 7. The second kappa shape index (κ2) is 8.25. The minimum atomic E-state index is -2.73. The van der Waals surface area contributed by atoms with Crippen LogP contribution in [0.1, 0.15) is 26.1 Å². The SMILES string of the molecule is CC1(C)CN(c2nc(N3CCOCC3)cc(-n3c(C(F)F)nc4ccccc43)n2)CCN1. The third kappa shape index (κ3) is 4.00. The van der Waals surface area contributed by atoms with Crippen LogP contribution in [0.3, 0.4) is 0 Å². The van der Waals surface area contributed by atoms with Gasteiger partial charge in [0.25, 0.3) is 6.43 Å². The highest BCUT2D eigenvalue weighted by molar-refractivity contribution is 5.78. The normalized spacial score (nSPS) is 19.2. The van der Waals surface area contributed by atoms with Crippen LogP contribution in [-0.4, -0.2) is 71.0 Å². The summed E-state index contributed by atoms with van der Waals surface area (Å²) in [6.45, 7) is 9.09. The number of benzene rings is 1. The molecular weight excluding hydrogens is 416 g/mol. The van der Waals surface area contributed by atoms with Gasteiger partial charge in [0.05, 0.1) is 24.2 Å². The quantitative estimate of drug-likeness (QED) is 0.665. The molecule has 0 atom stereocenters. The highest BCUT2D eigenvalue weighted by Gasteiger charge is 2.29. The lowest BCUT2D eigenvalue weighted by atomic mass is 10.0. The van der Waals surface area contributed by atoms with Gasteiger partial charge in [-0.25, -0.2) is 13.8 Å². The number of para-hydroxylation sites is 2. The lowest BCUT2D eigenvalue weighted by Crippen LogP contribution is -2.57. The Balaban J connectivity index is 1.67. The zero-order chi connectivity index (χ0) is 22.3. The summed E-state index contributed by atoms with van der Waals surface area (Å²) in [5.74, 6) is 1.33. The number of hydrogen-bond donors (Lipinski definition) is 1. The number of imidazole rings is 1. The van der Waals surface area contributed by atoms with Crippen molar-refractivity contribution in [2.45, 2.75) is 25.8 Å². The number of piperazine rings is 1. The van der Waals surface area contributed by atoms with Crippen molar-refractivity contribution in [3.05, 3.63) is 36.2 Å². The number of nitrogens with one attached hydrogen (secondary N) is 1. The van der Waals surface area contributed by atoms with Gasteiger partial charge >= 0.3 is 0 Å². The number of nitrogens with zero attached hydrogens (tertiary/aromatic N) is 6. The number of halogens is 2. The summed E-state index contributed by atoms with van der Waals surface area (Å²) in [7, 11) is 0. The molecule has 0 radical (unpaired) electrons. The average molecular weight is 444 g/mol. The molecule has 1 aromatic carbocycles. The minimum absolute atomic E-state index is 0.105. The monoisotopic (exact) mass is 443 g/mol. The Morgan fingerprint density at radius 3 is 2.50 bits per heavy atom. The lowest BCUT2D eigenvalue weighted by Gasteiger charge is -2.39. The zero-order valence-corrected chi connectivity index (χ0v) is 18.3. The number of anilines is 2. The molecule has 2 aromatic heterocycles. The van der Waals surface area contributed by atoms with Crippen molar-refractivity contribution in [1.29, 1.82) is 0 Å². The van der Waals surface area contributed by atoms with E-state index in [0.717, 1.165) is 13.1 Å². The number of morpholine rings is 1. The van der Waals surface area contributed by atoms with E-state index in [1.807, 2.05) is 6.07 Å². The molecule has 0 bridgehead atoms. The first-order chi connectivity index (χ1) is 15.4. The first kappa shape index (κ1) is 21.0. The molecule has 0 unspecified atom stereocenters. The van der Waals surface area contributed by atoms with Crippen LogP contribution in [-0.2, 0) is 4.74 Å². The van der Waals surface area contributed by atoms with E-state index in [-0.39, 0.29) is 11.4 Å². The van der Waals surface area contributed by atoms with Crippen molar-refractivity contribution in [3.8, 4) is 5.82 Å². The van der Waals surface area contributed by atoms with Crippen molar-refractivity contribution in [2.75, 3.05) is 55.7 Å². The fraction of sp³-hybridized carbons (Fsp3) is 0.500. The van der Waals surface area contributed by atoms with Crippen molar-refractivity contribution < 1.29 is 13.5 Å². The standard InChI is InChI=1S/C22H27F2N7O/c1-22(2)14-30(8-7-25-22)21-27-17(29-9-11-32-12-10-29)13-18(28-21)31-16-6-4-3-5-15(16)26-20(31)19(23)24/h3-6,13,19,25H,7-12,14H2,1-2H3. The number of alkyl halides is 2. The van der Waals surface area contributed by atoms with Gasteiger partial charge in [-0.3, -0.25) is 4.57 Å². The second-order valence-electron chi connectivity index (χ2n) is 8.81. The van der Waals surface area contributed by atoms with Crippen molar-refractivity contribution >= 4 is 22.8 Å². The third-order valence-corrected chi connectivity index (χ3v) is 5.89. The number of ether oxygens (including phenoxy) is 1. The molecule has 3 aromatic rings. The van der Waals surface area contributed by atoms with Crippen LogP contribution in [0.25, 0.3) is 16.9 Å². The first-order valence-electron chi connectivity index (χ1n) is 10.9. The lowest BCUT2D eigenvalue weighted by molar-refractivity contribution is 0.122. The molecule has 0 saturated carbocycles.